The minimum absolute atomic E-state index is 0.0155. The van der Waals surface area contributed by atoms with E-state index in [0.717, 1.165) is 25.8 Å². The van der Waals surface area contributed by atoms with Crippen LogP contribution in [-0.4, -0.2) is 29.9 Å². The van der Waals surface area contributed by atoms with Crippen molar-refractivity contribution in [2.45, 2.75) is 59.9 Å². The van der Waals surface area contributed by atoms with Crippen LogP contribution >= 0.6 is 0 Å². The molecule has 1 aliphatic rings. The molecular formula is C17H31N3O. The van der Waals surface area contributed by atoms with Crippen molar-refractivity contribution in [2.24, 2.45) is 28.9 Å². The lowest BCUT2D eigenvalue weighted by molar-refractivity contribution is -0.120. The summed E-state index contributed by atoms with van der Waals surface area (Å²) in [6.45, 7) is 12.2. The zero-order valence-corrected chi connectivity index (χ0v) is 14.2. The quantitative estimate of drug-likeness (QED) is 0.847. The van der Waals surface area contributed by atoms with E-state index in [1.807, 2.05) is 0 Å². The maximum atomic E-state index is 11.4. The molecule has 1 amide bonds. The molecule has 0 bridgehead atoms. The highest BCUT2D eigenvalue weighted by Crippen LogP contribution is 2.41. The molecule has 4 heteroatoms. The van der Waals surface area contributed by atoms with Crippen LogP contribution in [0.25, 0.3) is 0 Å². The molecule has 1 aliphatic carbocycles. The lowest BCUT2D eigenvalue weighted by Crippen LogP contribution is -2.50. The largest absolute Gasteiger partial charge is 0.369 e. The number of carbonyl (C=O) groups excluding carboxylic acids is 1. The molecule has 0 saturated heterocycles. The van der Waals surface area contributed by atoms with Gasteiger partial charge in [-0.15, -0.1) is 0 Å². The lowest BCUT2D eigenvalue weighted by atomic mass is 9.67. The van der Waals surface area contributed by atoms with Crippen molar-refractivity contribution in [3.63, 3.8) is 0 Å². The number of nitrogens with two attached hydrogens (primary N) is 1. The molecule has 21 heavy (non-hydrogen) atoms. The molecule has 0 aromatic heterocycles. The Balaban J connectivity index is 2.93. The van der Waals surface area contributed by atoms with Gasteiger partial charge in [-0.1, -0.05) is 34.6 Å². The third-order valence-electron chi connectivity index (χ3n) is 4.63. The maximum absolute atomic E-state index is 11.4. The number of primary amides is 1. The molecule has 1 saturated carbocycles. The van der Waals surface area contributed by atoms with Crippen molar-refractivity contribution in [3.05, 3.63) is 0 Å². The van der Waals surface area contributed by atoms with Gasteiger partial charge in [0.1, 0.15) is 0 Å². The average Bonchev–Trinajstić information content (AvgIpc) is 2.35. The van der Waals surface area contributed by atoms with Gasteiger partial charge in [-0.05, 0) is 36.5 Å². The lowest BCUT2D eigenvalue weighted by Gasteiger charge is -2.44. The Morgan fingerprint density at radius 1 is 1.38 bits per heavy atom. The highest BCUT2D eigenvalue weighted by molar-refractivity contribution is 5.76. The van der Waals surface area contributed by atoms with Crippen LogP contribution in [0.5, 0.6) is 0 Å². The van der Waals surface area contributed by atoms with Crippen LogP contribution in [0.15, 0.2) is 0 Å². The number of nitriles is 1. The van der Waals surface area contributed by atoms with Crippen molar-refractivity contribution >= 4 is 5.91 Å². The van der Waals surface area contributed by atoms with E-state index in [0.29, 0.717) is 11.8 Å². The van der Waals surface area contributed by atoms with Crippen LogP contribution in [0.1, 0.15) is 53.9 Å². The fourth-order valence-electron chi connectivity index (χ4n) is 3.47. The molecule has 1 rings (SSSR count). The summed E-state index contributed by atoms with van der Waals surface area (Å²) in [7, 11) is 0. The third-order valence-corrected chi connectivity index (χ3v) is 4.63. The Morgan fingerprint density at radius 3 is 2.43 bits per heavy atom. The van der Waals surface area contributed by atoms with E-state index in [1.54, 1.807) is 0 Å². The topological polar surface area (TPSA) is 70.1 Å². The summed E-state index contributed by atoms with van der Waals surface area (Å²) in [4.78, 5) is 13.6. The zero-order chi connectivity index (χ0) is 16.2. The van der Waals surface area contributed by atoms with Gasteiger partial charge in [-0.25, -0.2) is 0 Å². The Morgan fingerprint density at radius 2 is 2.00 bits per heavy atom. The summed E-state index contributed by atoms with van der Waals surface area (Å²) in [5.74, 6) is 0.764. The molecular weight excluding hydrogens is 262 g/mol. The van der Waals surface area contributed by atoms with E-state index in [9.17, 15) is 10.1 Å². The predicted octanol–water partition coefficient (Wildman–Crippen LogP) is 2.78. The Labute approximate surface area is 129 Å². The molecule has 4 nitrogen and oxygen atoms in total. The highest BCUT2D eigenvalue weighted by atomic mass is 16.1. The first-order valence-electron chi connectivity index (χ1n) is 8.07. The minimum atomic E-state index is -0.301. The minimum Gasteiger partial charge on any atom is -0.369 e. The molecule has 3 atom stereocenters. The fourth-order valence-corrected chi connectivity index (χ4v) is 3.47. The van der Waals surface area contributed by atoms with Gasteiger partial charge in [0, 0.05) is 12.6 Å². The summed E-state index contributed by atoms with van der Waals surface area (Å²) in [6, 6.07) is 2.61. The normalized spacial score (nSPS) is 26.9. The second-order valence-corrected chi connectivity index (χ2v) is 7.97. The van der Waals surface area contributed by atoms with Crippen molar-refractivity contribution in [1.82, 2.24) is 4.90 Å². The van der Waals surface area contributed by atoms with Crippen molar-refractivity contribution < 1.29 is 4.79 Å². The highest BCUT2D eigenvalue weighted by Gasteiger charge is 2.39. The summed E-state index contributed by atoms with van der Waals surface area (Å²) in [6.07, 6.45) is 3.02. The van der Waals surface area contributed by atoms with Crippen LogP contribution in [-0.2, 0) is 4.79 Å². The Hall–Kier alpha value is -1.08. The van der Waals surface area contributed by atoms with Crippen molar-refractivity contribution in [3.8, 4) is 6.07 Å². The molecule has 0 aromatic carbocycles. The number of amides is 1. The molecule has 0 radical (unpaired) electrons. The van der Waals surface area contributed by atoms with Crippen molar-refractivity contribution in [2.75, 3.05) is 13.1 Å². The van der Waals surface area contributed by atoms with E-state index in [2.05, 4.69) is 45.6 Å². The van der Waals surface area contributed by atoms with Gasteiger partial charge < -0.3 is 5.73 Å². The fraction of sp³-hybridized carbons (Fsp3) is 0.882. The second kappa shape index (κ2) is 7.26. The molecule has 1 fully saturated rings. The Bertz CT molecular complexity index is 392. The molecule has 0 aromatic rings. The number of hydrogen-bond donors (Lipinski definition) is 1. The van der Waals surface area contributed by atoms with Gasteiger partial charge in [0.25, 0.3) is 0 Å². The van der Waals surface area contributed by atoms with E-state index < -0.39 is 0 Å². The Kier molecular flexibility index (Phi) is 6.22. The number of rotatable bonds is 5. The van der Waals surface area contributed by atoms with Gasteiger partial charge in [-0.3, -0.25) is 9.69 Å². The van der Waals surface area contributed by atoms with Crippen LogP contribution in [0.3, 0.4) is 0 Å². The molecule has 120 valence electrons. The van der Waals surface area contributed by atoms with E-state index in [1.165, 1.54) is 0 Å². The average molecular weight is 293 g/mol. The van der Waals surface area contributed by atoms with Gasteiger partial charge in [0.05, 0.1) is 18.5 Å². The summed E-state index contributed by atoms with van der Waals surface area (Å²) in [5.41, 5.74) is 5.66. The first kappa shape index (κ1) is 18.0. The van der Waals surface area contributed by atoms with Gasteiger partial charge in [0.2, 0.25) is 5.91 Å². The molecule has 3 unspecified atom stereocenters. The molecule has 2 N–H and O–H groups in total. The summed E-state index contributed by atoms with van der Waals surface area (Å²) < 4.78 is 0. The predicted molar refractivity (Wildman–Crippen MR) is 85.3 cm³/mol. The first-order valence-corrected chi connectivity index (χ1v) is 8.07. The third kappa shape index (κ3) is 5.32. The number of hydrogen-bond acceptors (Lipinski definition) is 3. The SMILES string of the molecule is CC(C)CN(CC(N)=O)C1CC(C(C)(C)C)CCC1C#N. The standard InChI is InChI=1S/C17H31N3O/c1-12(2)10-20(11-16(19)21)15-8-14(17(3,4)5)7-6-13(15)9-18/h12-15H,6-8,10-11H2,1-5H3,(H2,19,21). The molecule has 0 heterocycles. The van der Waals surface area contributed by atoms with E-state index in [4.69, 9.17) is 5.73 Å². The zero-order valence-electron chi connectivity index (χ0n) is 14.2. The smallest absolute Gasteiger partial charge is 0.231 e. The van der Waals surface area contributed by atoms with Gasteiger partial charge >= 0.3 is 0 Å². The van der Waals surface area contributed by atoms with Crippen LogP contribution in [0.4, 0.5) is 0 Å². The van der Waals surface area contributed by atoms with Crippen LogP contribution < -0.4 is 5.73 Å². The number of nitrogens with zero attached hydrogens (tertiary/aromatic N) is 2. The van der Waals surface area contributed by atoms with E-state index in [-0.39, 0.29) is 29.8 Å². The molecule has 0 aliphatic heterocycles. The van der Waals surface area contributed by atoms with Crippen LogP contribution in [0.2, 0.25) is 0 Å². The number of carbonyl (C=O) groups is 1. The monoisotopic (exact) mass is 293 g/mol. The second-order valence-electron chi connectivity index (χ2n) is 7.97. The van der Waals surface area contributed by atoms with Gasteiger partial charge in [0.15, 0.2) is 0 Å². The summed E-state index contributed by atoms with van der Waals surface area (Å²) in [5, 5.41) is 9.47. The molecule has 0 spiro atoms. The van der Waals surface area contributed by atoms with Crippen molar-refractivity contribution in [1.29, 1.82) is 5.26 Å². The van der Waals surface area contributed by atoms with Crippen LogP contribution in [0, 0.1) is 34.5 Å². The van der Waals surface area contributed by atoms with Gasteiger partial charge in [-0.2, -0.15) is 5.26 Å². The summed E-state index contributed by atoms with van der Waals surface area (Å²) >= 11 is 0. The first-order chi connectivity index (χ1) is 9.65. The maximum Gasteiger partial charge on any atom is 0.231 e. The van der Waals surface area contributed by atoms with E-state index >= 15 is 0 Å².